The minimum Gasteiger partial charge on any atom is -0.385 e. The summed E-state index contributed by atoms with van der Waals surface area (Å²) in [4.78, 5) is 0. The van der Waals surface area contributed by atoms with E-state index in [1.165, 1.54) is 0 Å². The van der Waals surface area contributed by atoms with Gasteiger partial charge in [0.05, 0.1) is 0 Å². The van der Waals surface area contributed by atoms with Crippen LogP contribution in [0.25, 0.3) is 0 Å². The third-order valence-corrected chi connectivity index (χ3v) is 2.69. The first-order chi connectivity index (χ1) is 7.26. The first-order valence-electron chi connectivity index (χ1n) is 5.79. The summed E-state index contributed by atoms with van der Waals surface area (Å²) in [6.45, 7) is 6.63. The largest absolute Gasteiger partial charge is 0.385 e. The maximum absolute atomic E-state index is 5.53. The molecule has 4 heteroatoms. The Labute approximate surface area is 93.5 Å². The molecule has 0 amide bonds. The number of hydrogen-bond donors (Lipinski definition) is 2. The molecule has 15 heavy (non-hydrogen) atoms. The number of nitrogens with two attached hydrogens (primary N) is 1. The SMILES string of the molecule is CCOCCCC(NN)C(C)CCOC. The fraction of sp³-hybridized carbons (Fsp3) is 1.00. The minimum absolute atomic E-state index is 0.362. The van der Waals surface area contributed by atoms with Gasteiger partial charge in [-0.3, -0.25) is 11.3 Å². The van der Waals surface area contributed by atoms with E-state index in [-0.39, 0.29) is 0 Å². The van der Waals surface area contributed by atoms with Crippen molar-refractivity contribution >= 4 is 0 Å². The van der Waals surface area contributed by atoms with Gasteiger partial charge in [0.15, 0.2) is 0 Å². The molecule has 0 saturated carbocycles. The van der Waals surface area contributed by atoms with Gasteiger partial charge < -0.3 is 9.47 Å². The predicted molar refractivity (Wildman–Crippen MR) is 62.5 cm³/mol. The molecule has 0 spiro atoms. The second-order valence-corrected chi connectivity index (χ2v) is 3.87. The Hall–Kier alpha value is -0.160. The summed E-state index contributed by atoms with van der Waals surface area (Å²) >= 11 is 0. The van der Waals surface area contributed by atoms with Gasteiger partial charge in [0.25, 0.3) is 0 Å². The Morgan fingerprint density at radius 2 is 2.00 bits per heavy atom. The minimum atomic E-state index is 0.362. The van der Waals surface area contributed by atoms with Crippen molar-refractivity contribution in [3.05, 3.63) is 0 Å². The van der Waals surface area contributed by atoms with Crippen LogP contribution in [0.3, 0.4) is 0 Å². The van der Waals surface area contributed by atoms with E-state index in [0.29, 0.717) is 12.0 Å². The van der Waals surface area contributed by atoms with Crippen molar-refractivity contribution in [1.29, 1.82) is 0 Å². The Kier molecular flexibility index (Phi) is 10.3. The van der Waals surface area contributed by atoms with Gasteiger partial charge in [-0.15, -0.1) is 0 Å². The molecule has 0 fully saturated rings. The van der Waals surface area contributed by atoms with Crippen LogP contribution in [0.1, 0.15) is 33.1 Å². The molecule has 2 atom stereocenters. The van der Waals surface area contributed by atoms with Gasteiger partial charge >= 0.3 is 0 Å². The zero-order valence-electron chi connectivity index (χ0n) is 10.3. The molecule has 0 aromatic rings. The zero-order chi connectivity index (χ0) is 11.5. The number of rotatable bonds is 10. The van der Waals surface area contributed by atoms with Crippen LogP contribution in [0.2, 0.25) is 0 Å². The van der Waals surface area contributed by atoms with Gasteiger partial charge in [0.2, 0.25) is 0 Å². The molecular formula is C11H26N2O2. The molecule has 0 bridgehead atoms. The van der Waals surface area contributed by atoms with Crippen LogP contribution >= 0.6 is 0 Å². The van der Waals surface area contributed by atoms with Gasteiger partial charge in [-0.1, -0.05) is 6.92 Å². The van der Waals surface area contributed by atoms with Crippen LogP contribution < -0.4 is 11.3 Å². The highest BCUT2D eigenvalue weighted by atomic mass is 16.5. The summed E-state index contributed by atoms with van der Waals surface area (Å²) < 4.78 is 10.4. The molecule has 0 aliphatic heterocycles. The standard InChI is InChI=1S/C11H26N2O2/c1-4-15-8-5-6-11(13-12)10(2)7-9-14-3/h10-11,13H,4-9,12H2,1-3H3. The lowest BCUT2D eigenvalue weighted by Gasteiger charge is -2.22. The number of ether oxygens (including phenoxy) is 2. The third kappa shape index (κ3) is 7.73. The van der Waals surface area contributed by atoms with E-state index in [2.05, 4.69) is 12.3 Å². The lowest BCUT2D eigenvalue weighted by Crippen LogP contribution is -2.40. The Bertz CT molecular complexity index is 134. The third-order valence-electron chi connectivity index (χ3n) is 2.69. The lowest BCUT2D eigenvalue weighted by molar-refractivity contribution is 0.134. The Morgan fingerprint density at radius 3 is 2.53 bits per heavy atom. The Balaban J connectivity index is 3.60. The average molecular weight is 218 g/mol. The van der Waals surface area contributed by atoms with E-state index < -0.39 is 0 Å². The highest BCUT2D eigenvalue weighted by molar-refractivity contribution is 4.70. The number of nitrogens with one attached hydrogen (secondary N) is 1. The molecule has 2 unspecified atom stereocenters. The van der Waals surface area contributed by atoms with Crippen molar-refractivity contribution in [3.63, 3.8) is 0 Å². The summed E-state index contributed by atoms with van der Waals surface area (Å²) in [5, 5.41) is 0. The molecular weight excluding hydrogens is 192 g/mol. The van der Waals surface area contributed by atoms with Crippen molar-refractivity contribution < 1.29 is 9.47 Å². The second-order valence-electron chi connectivity index (χ2n) is 3.87. The van der Waals surface area contributed by atoms with E-state index >= 15 is 0 Å². The summed E-state index contributed by atoms with van der Waals surface area (Å²) in [7, 11) is 1.73. The Morgan fingerprint density at radius 1 is 1.27 bits per heavy atom. The monoisotopic (exact) mass is 218 g/mol. The molecule has 4 nitrogen and oxygen atoms in total. The van der Waals surface area contributed by atoms with Crippen LogP contribution in [0.15, 0.2) is 0 Å². The van der Waals surface area contributed by atoms with Crippen LogP contribution in [0, 0.1) is 5.92 Å². The van der Waals surface area contributed by atoms with Crippen molar-refractivity contribution in [2.45, 2.75) is 39.2 Å². The van der Waals surface area contributed by atoms with Gasteiger partial charge in [-0.2, -0.15) is 0 Å². The van der Waals surface area contributed by atoms with E-state index in [4.69, 9.17) is 15.3 Å². The number of hydrogen-bond acceptors (Lipinski definition) is 4. The maximum atomic E-state index is 5.53. The van der Waals surface area contributed by atoms with Crippen LogP contribution in [-0.4, -0.2) is 33.0 Å². The normalized spacial score (nSPS) is 15.2. The quantitative estimate of drug-likeness (QED) is 0.330. The fourth-order valence-corrected chi connectivity index (χ4v) is 1.59. The molecule has 0 aliphatic rings. The van der Waals surface area contributed by atoms with Crippen LogP contribution in [-0.2, 0) is 9.47 Å². The number of hydrazine groups is 1. The maximum Gasteiger partial charge on any atom is 0.0466 e. The van der Waals surface area contributed by atoms with Gasteiger partial charge in [-0.25, -0.2) is 0 Å². The highest BCUT2D eigenvalue weighted by Gasteiger charge is 2.14. The van der Waals surface area contributed by atoms with Crippen molar-refractivity contribution in [3.8, 4) is 0 Å². The van der Waals surface area contributed by atoms with Crippen LogP contribution in [0.5, 0.6) is 0 Å². The van der Waals surface area contributed by atoms with E-state index in [1.807, 2.05) is 6.92 Å². The molecule has 0 aliphatic carbocycles. The summed E-state index contributed by atoms with van der Waals surface area (Å²) in [5.41, 5.74) is 2.88. The first kappa shape index (κ1) is 14.8. The van der Waals surface area contributed by atoms with Gasteiger partial charge in [-0.05, 0) is 32.1 Å². The van der Waals surface area contributed by atoms with E-state index in [1.54, 1.807) is 7.11 Å². The summed E-state index contributed by atoms with van der Waals surface area (Å²) in [6.07, 6.45) is 3.15. The zero-order valence-corrected chi connectivity index (χ0v) is 10.3. The van der Waals surface area contributed by atoms with Crippen molar-refractivity contribution in [1.82, 2.24) is 5.43 Å². The molecule has 0 rings (SSSR count). The molecule has 0 saturated heterocycles. The summed E-state index contributed by atoms with van der Waals surface area (Å²) in [6, 6.07) is 0.362. The van der Waals surface area contributed by atoms with Crippen LogP contribution in [0.4, 0.5) is 0 Å². The lowest BCUT2D eigenvalue weighted by atomic mass is 9.95. The fourth-order valence-electron chi connectivity index (χ4n) is 1.59. The second kappa shape index (κ2) is 10.4. The molecule has 0 radical (unpaired) electrons. The van der Waals surface area contributed by atoms with Gasteiger partial charge in [0, 0.05) is 33.0 Å². The molecule has 0 heterocycles. The number of methoxy groups -OCH3 is 1. The van der Waals surface area contributed by atoms with Crippen molar-refractivity contribution in [2.75, 3.05) is 26.9 Å². The van der Waals surface area contributed by atoms with E-state index in [9.17, 15) is 0 Å². The van der Waals surface area contributed by atoms with E-state index in [0.717, 1.165) is 39.1 Å². The summed E-state index contributed by atoms with van der Waals surface area (Å²) in [5.74, 6) is 6.07. The highest BCUT2D eigenvalue weighted by Crippen LogP contribution is 2.12. The van der Waals surface area contributed by atoms with Gasteiger partial charge in [0.1, 0.15) is 0 Å². The average Bonchev–Trinajstić information content (AvgIpc) is 2.26. The topological polar surface area (TPSA) is 56.5 Å². The first-order valence-corrected chi connectivity index (χ1v) is 5.79. The molecule has 0 aromatic heterocycles. The predicted octanol–water partition coefficient (Wildman–Crippen LogP) is 1.31. The smallest absolute Gasteiger partial charge is 0.0466 e. The van der Waals surface area contributed by atoms with Crippen molar-refractivity contribution in [2.24, 2.45) is 11.8 Å². The molecule has 3 N–H and O–H groups in total. The molecule has 92 valence electrons. The molecule has 0 aromatic carbocycles.